The highest BCUT2D eigenvalue weighted by molar-refractivity contribution is 7.13. The fourth-order valence-electron chi connectivity index (χ4n) is 1.72. The maximum Gasteiger partial charge on any atom is 0.325 e. The van der Waals surface area contributed by atoms with Crippen LogP contribution in [0.15, 0.2) is 29.6 Å². The summed E-state index contributed by atoms with van der Waals surface area (Å²) in [6.07, 6.45) is 0. The molecule has 0 spiro atoms. The van der Waals surface area contributed by atoms with Crippen LogP contribution in [0.2, 0.25) is 0 Å². The Morgan fingerprint density at radius 3 is 2.50 bits per heavy atom. The van der Waals surface area contributed by atoms with Crippen molar-refractivity contribution in [2.45, 2.75) is 13.8 Å². The SMILES string of the molecule is Cc1ccc(C(=O)NCC(=O)OCC(=O)Nc2nc(C)cs2)cc1. The summed E-state index contributed by atoms with van der Waals surface area (Å²) >= 11 is 1.28. The predicted octanol–water partition coefficient (Wildman–Crippen LogP) is 1.67. The van der Waals surface area contributed by atoms with Crippen LogP contribution < -0.4 is 10.6 Å². The number of anilines is 1. The van der Waals surface area contributed by atoms with Crippen molar-refractivity contribution in [1.82, 2.24) is 10.3 Å². The van der Waals surface area contributed by atoms with E-state index in [1.165, 1.54) is 11.3 Å². The third-order valence-electron chi connectivity index (χ3n) is 2.94. The smallest absolute Gasteiger partial charge is 0.325 e. The van der Waals surface area contributed by atoms with Crippen LogP contribution in [0.25, 0.3) is 0 Å². The molecule has 2 rings (SSSR count). The average molecular weight is 347 g/mol. The maximum absolute atomic E-state index is 11.8. The van der Waals surface area contributed by atoms with E-state index in [1.807, 2.05) is 13.8 Å². The summed E-state index contributed by atoms with van der Waals surface area (Å²) in [7, 11) is 0. The molecule has 7 nitrogen and oxygen atoms in total. The van der Waals surface area contributed by atoms with Crippen molar-refractivity contribution in [3.8, 4) is 0 Å². The first-order chi connectivity index (χ1) is 11.4. The largest absolute Gasteiger partial charge is 0.454 e. The second kappa shape index (κ2) is 8.21. The molecule has 0 aliphatic rings. The van der Waals surface area contributed by atoms with Crippen LogP contribution in [-0.2, 0) is 14.3 Å². The zero-order valence-corrected chi connectivity index (χ0v) is 14.1. The molecule has 0 aliphatic carbocycles. The van der Waals surface area contributed by atoms with Gasteiger partial charge in [-0.25, -0.2) is 4.98 Å². The van der Waals surface area contributed by atoms with Gasteiger partial charge in [0.1, 0.15) is 6.54 Å². The third-order valence-corrected chi connectivity index (χ3v) is 3.81. The minimum Gasteiger partial charge on any atom is -0.454 e. The molecule has 0 bridgehead atoms. The van der Waals surface area contributed by atoms with Crippen molar-refractivity contribution in [2.24, 2.45) is 0 Å². The molecule has 0 saturated heterocycles. The Labute approximate surface area is 143 Å². The number of carbonyl (C=O) groups is 3. The lowest BCUT2D eigenvalue weighted by Crippen LogP contribution is -2.32. The Bertz CT molecular complexity index is 740. The number of nitrogens with zero attached hydrogens (tertiary/aromatic N) is 1. The van der Waals surface area contributed by atoms with Crippen molar-refractivity contribution in [1.29, 1.82) is 0 Å². The third kappa shape index (κ3) is 5.47. The first-order valence-electron chi connectivity index (χ1n) is 7.16. The zero-order chi connectivity index (χ0) is 17.5. The molecule has 126 valence electrons. The lowest BCUT2D eigenvalue weighted by atomic mass is 10.1. The molecule has 1 aromatic carbocycles. The topological polar surface area (TPSA) is 97.4 Å². The molecule has 0 saturated carbocycles. The minimum atomic E-state index is -0.694. The number of amides is 2. The van der Waals surface area contributed by atoms with Crippen LogP contribution in [-0.4, -0.2) is 35.9 Å². The van der Waals surface area contributed by atoms with Crippen molar-refractivity contribution in [2.75, 3.05) is 18.5 Å². The first kappa shape index (κ1) is 17.6. The van der Waals surface area contributed by atoms with Crippen molar-refractivity contribution in [3.63, 3.8) is 0 Å². The van der Waals surface area contributed by atoms with E-state index in [-0.39, 0.29) is 12.5 Å². The normalized spacial score (nSPS) is 10.1. The van der Waals surface area contributed by atoms with Gasteiger partial charge in [-0.15, -0.1) is 11.3 Å². The van der Waals surface area contributed by atoms with Crippen LogP contribution in [0, 0.1) is 13.8 Å². The summed E-state index contributed by atoms with van der Waals surface area (Å²) < 4.78 is 4.80. The molecular formula is C16H17N3O4S. The highest BCUT2D eigenvalue weighted by Gasteiger charge is 2.11. The number of aryl methyl sites for hydroxylation is 2. The van der Waals surface area contributed by atoms with Crippen molar-refractivity contribution < 1.29 is 19.1 Å². The second-order valence-corrected chi connectivity index (χ2v) is 5.91. The van der Waals surface area contributed by atoms with Crippen LogP contribution in [0.3, 0.4) is 0 Å². The molecule has 0 radical (unpaired) electrons. The van der Waals surface area contributed by atoms with Crippen molar-refractivity contribution >= 4 is 34.3 Å². The number of hydrogen-bond acceptors (Lipinski definition) is 6. The molecule has 24 heavy (non-hydrogen) atoms. The van der Waals surface area contributed by atoms with Gasteiger partial charge in [-0.1, -0.05) is 17.7 Å². The standard InChI is InChI=1S/C16H17N3O4S/c1-10-3-5-12(6-4-10)15(22)17-7-14(21)23-8-13(20)19-16-18-11(2)9-24-16/h3-6,9H,7-8H2,1-2H3,(H,17,22)(H,18,19,20). The number of esters is 1. The Kier molecular flexibility index (Phi) is 6.02. The maximum atomic E-state index is 11.8. The van der Waals surface area contributed by atoms with Gasteiger partial charge >= 0.3 is 5.97 Å². The van der Waals surface area contributed by atoms with Gasteiger partial charge in [-0.05, 0) is 26.0 Å². The Hall–Kier alpha value is -2.74. The lowest BCUT2D eigenvalue weighted by Gasteiger charge is -2.06. The van der Waals surface area contributed by atoms with E-state index in [9.17, 15) is 14.4 Å². The van der Waals surface area contributed by atoms with E-state index >= 15 is 0 Å². The predicted molar refractivity (Wildman–Crippen MR) is 90.0 cm³/mol. The lowest BCUT2D eigenvalue weighted by molar-refractivity contribution is -0.146. The Morgan fingerprint density at radius 2 is 1.88 bits per heavy atom. The summed E-state index contributed by atoms with van der Waals surface area (Å²) in [5.41, 5.74) is 2.28. The van der Waals surface area contributed by atoms with E-state index in [0.717, 1.165) is 11.3 Å². The molecule has 2 N–H and O–H groups in total. The summed E-state index contributed by atoms with van der Waals surface area (Å²) in [4.78, 5) is 39.1. The van der Waals surface area contributed by atoms with Gasteiger partial charge in [0.25, 0.3) is 11.8 Å². The molecule has 2 aromatic rings. The fourth-order valence-corrected chi connectivity index (χ4v) is 2.43. The summed E-state index contributed by atoms with van der Waals surface area (Å²) in [5.74, 6) is -1.56. The number of ether oxygens (including phenoxy) is 1. The van der Waals surface area contributed by atoms with E-state index < -0.39 is 18.5 Å². The van der Waals surface area contributed by atoms with E-state index in [1.54, 1.807) is 29.6 Å². The highest BCUT2D eigenvalue weighted by atomic mass is 32.1. The number of aromatic nitrogens is 1. The minimum absolute atomic E-state index is 0.309. The van der Waals surface area contributed by atoms with Gasteiger partial charge in [0.15, 0.2) is 11.7 Å². The first-order valence-corrected chi connectivity index (χ1v) is 8.04. The number of carbonyl (C=O) groups excluding carboxylic acids is 3. The van der Waals surface area contributed by atoms with Gasteiger partial charge in [-0.2, -0.15) is 0 Å². The second-order valence-electron chi connectivity index (χ2n) is 5.05. The number of benzene rings is 1. The summed E-state index contributed by atoms with van der Waals surface area (Å²) in [6.45, 7) is 2.98. The summed E-state index contributed by atoms with van der Waals surface area (Å²) in [6, 6.07) is 6.94. The van der Waals surface area contributed by atoms with E-state index in [4.69, 9.17) is 4.74 Å². The van der Waals surface area contributed by atoms with Crippen molar-refractivity contribution in [3.05, 3.63) is 46.5 Å². The van der Waals surface area contributed by atoms with Crippen LogP contribution in [0.1, 0.15) is 21.6 Å². The quantitative estimate of drug-likeness (QED) is 0.775. The average Bonchev–Trinajstić information content (AvgIpc) is 2.96. The highest BCUT2D eigenvalue weighted by Crippen LogP contribution is 2.13. The molecule has 1 heterocycles. The summed E-state index contributed by atoms with van der Waals surface area (Å²) in [5, 5.41) is 7.20. The monoisotopic (exact) mass is 347 g/mol. The molecule has 2 amide bonds. The van der Waals surface area contributed by atoms with Gasteiger partial charge in [0, 0.05) is 10.9 Å². The van der Waals surface area contributed by atoms with E-state index in [0.29, 0.717) is 10.7 Å². The Balaban J connectivity index is 1.70. The molecule has 0 fully saturated rings. The number of nitrogens with one attached hydrogen (secondary N) is 2. The molecule has 8 heteroatoms. The fraction of sp³-hybridized carbons (Fsp3) is 0.250. The molecule has 1 aromatic heterocycles. The molecular weight excluding hydrogens is 330 g/mol. The van der Waals surface area contributed by atoms with Gasteiger partial charge < -0.3 is 10.1 Å². The number of thiazole rings is 1. The van der Waals surface area contributed by atoms with Crippen LogP contribution in [0.4, 0.5) is 5.13 Å². The number of hydrogen-bond donors (Lipinski definition) is 2. The molecule has 0 atom stereocenters. The Morgan fingerprint density at radius 1 is 1.17 bits per heavy atom. The van der Waals surface area contributed by atoms with Crippen LogP contribution >= 0.6 is 11.3 Å². The molecule has 0 unspecified atom stereocenters. The van der Waals surface area contributed by atoms with Gasteiger partial charge in [0.05, 0.1) is 5.69 Å². The zero-order valence-electron chi connectivity index (χ0n) is 13.3. The van der Waals surface area contributed by atoms with E-state index in [2.05, 4.69) is 15.6 Å². The van der Waals surface area contributed by atoms with Crippen LogP contribution in [0.5, 0.6) is 0 Å². The number of rotatable bonds is 6. The van der Waals surface area contributed by atoms with Gasteiger partial charge in [-0.3, -0.25) is 19.7 Å². The van der Waals surface area contributed by atoms with Gasteiger partial charge in [0.2, 0.25) is 0 Å². The molecule has 0 aliphatic heterocycles.